The van der Waals surface area contributed by atoms with E-state index in [1.165, 1.54) is 5.19 Å². The number of hydrogen-bond acceptors (Lipinski definition) is 0. The van der Waals surface area contributed by atoms with Crippen molar-refractivity contribution in [3.8, 4) is 0 Å². The molecule has 0 heterocycles. The number of rotatable bonds is 3. The van der Waals surface area contributed by atoms with Gasteiger partial charge in [-0.15, -0.1) is 5.54 Å². The van der Waals surface area contributed by atoms with Crippen LogP contribution in [0.4, 0.5) is 0 Å². The summed E-state index contributed by atoms with van der Waals surface area (Å²) in [5.41, 5.74) is 0.768. The van der Waals surface area contributed by atoms with Crippen molar-refractivity contribution in [1.82, 2.24) is 0 Å². The van der Waals surface area contributed by atoms with Crippen LogP contribution in [0.3, 0.4) is 0 Å². The fraction of sp³-hybridized carbons (Fsp3) is 0.700. The van der Waals surface area contributed by atoms with Crippen molar-refractivity contribution < 1.29 is 17.0 Å². The van der Waals surface area contributed by atoms with Crippen molar-refractivity contribution in [3.05, 3.63) is 35.3 Å². The fourth-order valence-electron chi connectivity index (χ4n) is 4.92. The predicted molar refractivity (Wildman–Crippen MR) is 113 cm³/mol. The molecule has 0 radical (unpaired) electrons. The zero-order chi connectivity index (χ0) is 19.4. The Morgan fingerprint density at radius 2 is 1.28 bits per heavy atom. The van der Waals surface area contributed by atoms with Gasteiger partial charge >= 0.3 is 35.6 Å². The molecule has 5 atom stereocenters. The van der Waals surface area contributed by atoms with Crippen LogP contribution in [0.1, 0.15) is 48.5 Å². The molecular weight excluding hydrogens is 401 g/mol. The van der Waals surface area contributed by atoms with Gasteiger partial charge in [0, 0.05) is 0 Å². The van der Waals surface area contributed by atoms with Crippen LogP contribution in [-0.2, 0) is 17.0 Å². The van der Waals surface area contributed by atoms with Gasteiger partial charge < -0.3 is 4.98 Å². The van der Waals surface area contributed by atoms with Crippen LogP contribution in [0.15, 0.2) is 30.3 Å². The standard InChI is InChI=1S/C20H34NSi.2ClH.Ti/c1-14-15(2)17(4)19(16(14)3)22(8,21-20(5,6)7)18-12-10-9-11-13-18;;;/h9-17,19H,1-8H3;2*1H;/q-1;;;+2/p-2. The molecule has 0 saturated heterocycles. The monoisotopic (exact) mass is 434 g/mol. The maximum absolute atomic E-state index is 5.50. The Hall–Kier alpha value is 0.691. The first kappa shape index (κ1) is 23.7. The fourth-order valence-corrected chi connectivity index (χ4v) is 10.5. The van der Waals surface area contributed by atoms with E-state index >= 15 is 0 Å². The Balaban J connectivity index is 0.000000970. The van der Waals surface area contributed by atoms with Crippen molar-refractivity contribution >= 4 is 32.0 Å². The molecule has 1 aromatic rings. The van der Waals surface area contributed by atoms with E-state index in [0.717, 1.165) is 29.2 Å². The van der Waals surface area contributed by atoms with Gasteiger partial charge in [-0.2, -0.15) is 0 Å². The first-order valence-corrected chi connectivity index (χ1v) is 16.1. The predicted octanol–water partition coefficient (Wildman–Crippen LogP) is 6.95. The van der Waals surface area contributed by atoms with Gasteiger partial charge in [0.05, 0.1) is 0 Å². The summed E-state index contributed by atoms with van der Waals surface area (Å²) >= 11 is -0.556. The average molecular weight is 435 g/mol. The number of hydrogen-bond donors (Lipinski definition) is 0. The van der Waals surface area contributed by atoms with Crippen LogP contribution < -0.4 is 5.19 Å². The minimum absolute atomic E-state index is 0.0331. The summed E-state index contributed by atoms with van der Waals surface area (Å²) in [6, 6.07) is 11.2. The molecule has 0 spiro atoms. The normalized spacial score (nSPS) is 31.7. The Morgan fingerprint density at radius 1 is 0.880 bits per heavy atom. The summed E-state index contributed by atoms with van der Waals surface area (Å²) in [5.74, 6) is 3.11. The molecule has 5 unspecified atom stereocenters. The number of nitrogens with zero attached hydrogens (tertiary/aromatic N) is 1. The third-order valence-electron chi connectivity index (χ3n) is 6.20. The number of halogens is 2. The summed E-state index contributed by atoms with van der Waals surface area (Å²) < 4.78 is 0. The van der Waals surface area contributed by atoms with Gasteiger partial charge in [-0.1, -0.05) is 96.1 Å². The van der Waals surface area contributed by atoms with Crippen LogP contribution in [0, 0.1) is 23.7 Å². The first-order valence-electron chi connectivity index (χ1n) is 9.25. The van der Waals surface area contributed by atoms with E-state index in [9.17, 15) is 0 Å². The van der Waals surface area contributed by atoms with Gasteiger partial charge in [0.15, 0.2) is 0 Å². The van der Waals surface area contributed by atoms with Gasteiger partial charge in [-0.05, 0) is 31.9 Å². The Morgan fingerprint density at radius 3 is 1.64 bits per heavy atom. The van der Waals surface area contributed by atoms with Gasteiger partial charge in [-0.25, -0.2) is 0 Å². The topological polar surface area (TPSA) is 14.1 Å². The van der Waals surface area contributed by atoms with Crippen molar-refractivity contribution in [2.75, 3.05) is 0 Å². The zero-order valence-electron chi connectivity index (χ0n) is 17.0. The molecule has 1 aliphatic rings. The second-order valence-corrected chi connectivity index (χ2v) is 15.2. The Kier molecular flexibility index (Phi) is 9.26. The molecule has 1 fully saturated rings. The molecule has 0 amide bonds. The molecule has 0 N–H and O–H groups in total. The van der Waals surface area contributed by atoms with Crippen molar-refractivity contribution in [1.29, 1.82) is 0 Å². The first-order chi connectivity index (χ1) is 11.5. The zero-order valence-corrected chi connectivity index (χ0v) is 21.1. The molecule has 1 nitrogen and oxygen atoms in total. The molecule has 25 heavy (non-hydrogen) atoms. The van der Waals surface area contributed by atoms with Crippen molar-refractivity contribution in [3.63, 3.8) is 0 Å². The van der Waals surface area contributed by atoms with Crippen molar-refractivity contribution in [2.45, 2.75) is 66.1 Å². The molecule has 1 aliphatic carbocycles. The van der Waals surface area contributed by atoms with E-state index in [4.69, 9.17) is 23.6 Å². The van der Waals surface area contributed by atoms with Gasteiger partial charge in [0.2, 0.25) is 0 Å². The molecule has 1 aromatic carbocycles. The molecule has 0 aromatic heterocycles. The molecule has 0 bridgehead atoms. The van der Waals surface area contributed by atoms with Crippen LogP contribution >= 0.6 is 18.6 Å². The summed E-state index contributed by atoms with van der Waals surface area (Å²) in [7, 11) is 7.87. The summed E-state index contributed by atoms with van der Waals surface area (Å²) in [6.07, 6.45) is 0. The summed E-state index contributed by atoms with van der Waals surface area (Å²) in [6.45, 7) is 19.1. The number of benzene rings is 1. The average Bonchev–Trinajstić information content (AvgIpc) is 2.71. The Labute approximate surface area is 173 Å². The van der Waals surface area contributed by atoms with E-state index in [1.807, 2.05) is 0 Å². The van der Waals surface area contributed by atoms with Crippen molar-refractivity contribution in [2.24, 2.45) is 23.7 Å². The molecule has 0 aliphatic heterocycles. The molecule has 2 rings (SSSR count). The summed E-state index contributed by atoms with van der Waals surface area (Å²) in [4.78, 5) is 5.50. The van der Waals surface area contributed by atoms with Gasteiger partial charge in [-0.3, -0.25) is 0 Å². The van der Waals surface area contributed by atoms with Gasteiger partial charge in [0.1, 0.15) is 0 Å². The van der Waals surface area contributed by atoms with E-state index in [-0.39, 0.29) is 5.54 Å². The van der Waals surface area contributed by atoms with Crippen LogP contribution in [-0.4, -0.2) is 13.8 Å². The molecule has 1 saturated carbocycles. The second-order valence-electron chi connectivity index (χ2n) is 8.83. The third-order valence-corrected chi connectivity index (χ3v) is 11.2. The Bertz CT molecular complexity index is 508. The van der Waals surface area contributed by atoms with Crippen LogP contribution in [0.25, 0.3) is 4.98 Å². The second kappa shape index (κ2) is 9.76. The third kappa shape index (κ3) is 5.83. The van der Waals surface area contributed by atoms with Gasteiger partial charge in [0.25, 0.3) is 0 Å². The van der Waals surface area contributed by atoms with E-state index in [2.05, 4.69) is 85.3 Å². The maximum atomic E-state index is 5.50. The molecule has 5 heteroatoms. The van der Waals surface area contributed by atoms with Crippen LogP contribution in [0.5, 0.6) is 0 Å². The quantitative estimate of drug-likeness (QED) is 0.457. The van der Waals surface area contributed by atoms with E-state index in [1.54, 1.807) is 0 Å². The van der Waals surface area contributed by atoms with Crippen LogP contribution in [0.2, 0.25) is 12.1 Å². The SMILES string of the molecule is CC1C(C)C(C)C([Si](C)([N-]C(C)(C)C)c2ccccc2)C1C.[Cl][Ti][Cl]. The van der Waals surface area contributed by atoms with E-state index < -0.39 is 25.3 Å². The summed E-state index contributed by atoms with van der Waals surface area (Å²) in [5, 5.41) is 1.51. The molecule has 142 valence electrons. The van der Waals surface area contributed by atoms with E-state index in [0.29, 0.717) is 0 Å². The minimum atomic E-state index is -1.91. The molecular formula is C20H34Cl2NSiTi-.